The predicted molar refractivity (Wildman–Crippen MR) is 85.9 cm³/mol. The van der Waals surface area contributed by atoms with Gasteiger partial charge < -0.3 is 21.1 Å². The number of nitrogens with two attached hydrogens (primary N) is 1. The molecule has 0 aliphatic carbocycles. The van der Waals surface area contributed by atoms with Gasteiger partial charge >= 0.3 is 0 Å². The number of nitrogens with zero attached hydrogens (tertiary/aromatic N) is 2. The number of carbonyl (C=O) groups excluding carboxylic acids is 3. The number of amides is 3. The Labute approximate surface area is 140 Å². The zero-order valence-electron chi connectivity index (χ0n) is 13.6. The van der Waals surface area contributed by atoms with Gasteiger partial charge in [-0.15, -0.1) is 0 Å². The van der Waals surface area contributed by atoms with Crippen molar-refractivity contribution in [3.63, 3.8) is 0 Å². The molecular weight excluding hydrogens is 312 g/mol. The normalized spacial score (nSPS) is 20.5. The Kier molecular flexibility index (Phi) is 5.73. The van der Waals surface area contributed by atoms with Gasteiger partial charge in [-0.05, 0) is 24.5 Å². The topological polar surface area (TPSA) is 126 Å². The van der Waals surface area contributed by atoms with Crippen LogP contribution in [0.5, 0.6) is 5.75 Å². The van der Waals surface area contributed by atoms with Crippen LogP contribution in [0.2, 0.25) is 0 Å². The maximum atomic E-state index is 12.3. The fraction of sp³-hybridized carbons (Fsp3) is 0.500. The number of rotatable bonds is 5. The molecule has 2 atom stereocenters. The number of likely N-dealkylation sites (tertiary alicyclic amines) is 1. The average Bonchev–Trinajstić information content (AvgIpc) is 2.54. The number of hydrogen-bond donors (Lipinski definition) is 3. The van der Waals surface area contributed by atoms with Gasteiger partial charge in [0.2, 0.25) is 11.8 Å². The monoisotopic (exact) mass is 334 g/mol. The number of pyridine rings is 1. The molecule has 8 nitrogen and oxygen atoms in total. The van der Waals surface area contributed by atoms with Gasteiger partial charge in [0.15, 0.2) is 5.69 Å². The van der Waals surface area contributed by atoms with E-state index in [1.54, 1.807) is 4.90 Å². The molecule has 1 saturated heterocycles. The van der Waals surface area contributed by atoms with Gasteiger partial charge in [0.25, 0.3) is 5.91 Å². The number of carbonyl (C=O) groups is 3. The van der Waals surface area contributed by atoms with Crippen molar-refractivity contribution in [2.24, 2.45) is 17.6 Å². The van der Waals surface area contributed by atoms with Crippen LogP contribution in [0.15, 0.2) is 18.3 Å². The van der Waals surface area contributed by atoms with E-state index in [-0.39, 0.29) is 42.2 Å². The van der Waals surface area contributed by atoms with E-state index in [2.05, 4.69) is 10.3 Å². The van der Waals surface area contributed by atoms with Gasteiger partial charge in [-0.2, -0.15) is 0 Å². The van der Waals surface area contributed by atoms with E-state index in [0.717, 1.165) is 0 Å². The zero-order chi connectivity index (χ0) is 17.7. The van der Waals surface area contributed by atoms with E-state index < -0.39 is 11.8 Å². The molecular formula is C16H22N4O4. The molecule has 3 amide bonds. The maximum absolute atomic E-state index is 12.3. The zero-order valence-corrected chi connectivity index (χ0v) is 13.6. The highest BCUT2D eigenvalue weighted by Crippen LogP contribution is 2.21. The minimum absolute atomic E-state index is 0.0784. The van der Waals surface area contributed by atoms with E-state index in [1.807, 2.05) is 6.92 Å². The number of primary amides is 1. The van der Waals surface area contributed by atoms with Crippen LogP contribution in [-0.2, 0) is 9.59 Å². The second kappa shape index (κ2) is 7.76. The smallest absolute Gasteiger partial charge is 0.273 e. The first kappa shape index (κ1) is 17.7. The van der Waals surface area contributed by atoms with Crippen molar-refractivity contribution in [2.45, 2.75) is 19.8 Å². The van der Waals surface area contributed by atoms with Crippen molar-refractivity contribution in [3.05, 3.63) is 24.0 Å². The molecule has 0 aromatic carbocycles. The van der Waals surface area contributed by atoms with Gasteiger partial charge in [-0.25, -0.2) is 4.98 Å². The Morgan fingerprint density at radius 2 is 2.17 bits per heavy atom. The summed E-state index contributed by atoms with van der Waals surface area (Å²) in [5.74, 6) is -1.40. The summed E-state index contributed by atoms with van der Waals surface area (Å²) in [5.41, 5.74) is 5.27. The lowest BCUT2D eigenvalue weighted by Gasteiger charge is -2.35. The fourth-order valence-corrected chi connectivity index (χ4v) is 2.86. The SMILES string of the molecule is CC1CC(C(N)=O)CN(C(=O)CCNC(=O)c2ncccc2O)C1. The standard InChI is InChI=1S/C16H22N4O4/c1-10-7-11(15(17)23)9-20(8-10)13(22)4-6-19-16(24)14-12(21)3-2-5-18-14/h2-3,5,10-11,21H,4,6-9H2,1H3,(H2,17,23)(H,19,24). The Morgan fingerprint density at radius 1 is 1.42 bits per heavy atom. The summed E-state index contributed by atoms with van der Waals surface area (Å²) in [6.45, 7) is 3.01. The highest BCUT2D eigenvalue weighted by molar-refractivity contribution is 5.94. The third-order valence-electron chi connectivity index (χ3n) is 4.04. The number of hydrogen-bond acceptors (Lipinski definition) is 5. The predicted octanol–water partition coefficient (Wildman–Crippen LogP) is -0.123. The molecule has 1 aliphatic rings. The van der Waals surface area contributed by atoms with Crippen LogP contribution in [0, 0.1) is 11.8 Å². The fourth-order valence-electron chi connectivity index (χ4n) is 2.86. The van der Waals surface area contributed by atoms with E-state index in [4.69, 9.17) is 5.73 Å². The third kappa shape index (κ3) is 4.43. The van der Waals surface area contributed by atoms with E-state index >= 15 is 0 Å². The third-order valence-corrected chi connectivity index (χ3v) is 4.04. The molecule has 1 aromatic heterocycles. The number of aromatic hydroxyl groups is 1. The Morgan fingerprint density at radius 3 is 2.83 bits per heavy atom. The van der Waals surface area contributed by atoms with Gasteiger partial charge in [0.1, 0.15) is 5.75 Å². The minimum Gasteiger partial charge on any atom is -0.505 e. The molecule has 8 heteroatoms. The quantitative estimate of drug-likeness (QED) is 0.692. The Bertz CT molecular complexity index is 634. The Balaban J connectivity index is 1.83. The Hall–Kier alpha value is -2.64. The molecule has 2 unspecified atom stereocenters. The van der Waals surface area contributed by atoms with E-state index in [9.17, 15) is 19.5 Å². The molecule has 24 heavy (non-hydrogen) atoms. The number of nitrogens with one attached hydrogen (secondary N) is 1. The molecule has 4 N–H and O–H groups in total. The first-order valence-electron chi connectivity index (χ1n) is 7.87. The summed E-state index contributed by atoms with van der Waals surface area (Å²) in [6, 6.07) is 2.88. The first-order chi connectivity index (χ1) is 11.4. The molecule has 1 fully saturated rings. The van der Waals surface area contributed by atoms with Gasteiger partial charge in [0, 0.05) is 32.3 Å². The lowest BCUT2D eigenvalue weighted by molar-refractivity contribution is -0.136. The van der Waals surface area contributed by atoms with Gasteiger partial charge in [-0.1, -0.05) is 6.92 Å². The highest BCUT2D eigenvalue weighted by Gasteiger charge is 2.30. The largest absolute Gasteiger partial charge is 0.505 e. The molecule has 0 spiro atoms. The van der Waals surface area contributed by atoms with Crippen LogP contribution in [0.4, 0.5) is 0 Å². The van der Waals surface area contributed by atoms with Crippen LogP contribution in [-0.4, -0.2) is 52.3 Å². The van der Waals surface area contributed by atoms with Crippen molar-refractivity contribution in [3.8, 4) is 5.75 Å². The lowest BCUT2D eigenvalue weighted by atomic mass is 9.90. The molecule has 0 saturated carbocycles. The van der Waals surface area contributed by atoms with Crippen molar-refractivity contribution < 1.29 is 19.5 Å². The van der Waals surface area contributed by atoms with Crippen LogP contribution in [0.25, 0.3) is 0 Å². The molecule has 130 valence electrons. The second-order valence-corrected chi connectivity index (χ2v) is 6.12. The van der Waals surface area contributed by atoms with Crippen molar-refractivity contribution in [1.82, 2.24) is 15.2 Å². The van der Waals surface area contributed by atoms with Crippen LogP contribution in [0.3, 0.4) is 0 Å². The first-order valence-corrected chi connectivity index (χ1v) is 7.87. The second-order valence-electron chi connectivity index (χ2n) is 6.12. The maximum Gasteiger partial charge on any atom is 0.273 e. The minimum atomic E-state index is -0.539. The van der Waals surface area contributed by atoms with Crippen molar-refractivity contribution in [1.29, 1.82) is 0 Å². The molecule has 1 aromatic rings. The molecule has 2 heterocycles. The van der Waals surface area contributed by atoms with Crippen LogP contribution < -0.4 is 11.1 Å². The van der Waals surface area contributed by atoms with E-state index in [0.29, 0.717) is 19.5 Å². The van der Waals surface area contributed by atoms with Crippen molar-refractivity contribution >= 4 is 17.7 Å². The van der Waals surface area contributed by atoms with Gasteiger partial charge in [-0.3, -0.25) is 14.4 Å². The summed E-state index contributed by atoms with van der Waals surface area (Å²) >= 11 is 0. The van der Waals surface area contributed by atoms with Crippen LogP contribution in [0.1, 0.15) is 30.3 Å². The summed E-state index contributed by atoms with van der Waals surface area (Å²) in [6.07, 6.45) is 2.20. The molecule has 2 rings (SSSR count). The molecule has 0 radical (unpaired) electrons. The average molecular weight is 334 g/mol. The van der Waals surface area contributed by atoms with Crippen molar-refractivity contribution in [2.75, 3.05) is 19.6 Å². The van der Waals surface area contributed by atoms with Crippen LogP contribution >= 0.6 is 0 Å². The molecule has 1 aliphatic heterocycles. The summed E-state index contributed by atoms with van der Waals surface area (Å²) in [5, 5.41) is 12.1. The lowest BCUT2D eigenvalue weighted by Crippen LogP contribution is -2.47. The molecule has 0 bridgehead atoms. The highest BCUT2D eigenvalue weighted by atomic mass is 16.3. The number of aromatic nitrogens is 1. The van der Waals surface area contributed by atoms with E-state index in [1.165, 1.54) is 18.3 Å². The summed E-state index contributed by atoms with van der Waals surface area (Å²) in [7, 11) is 0. The summed E-state index contributed by atoms with van der Waals surface area (Å²) in [4.78, 5) is 40.9. The summed E-state index contributed by atoms with van der Waals surface area (Å²) < 4.78 is 0. The number of piperidine rings is 1. The van der Waals surface area contributed by atoms with Gasteiger partial charge in [0.05, 0.1) is 5.92 Å².